The van der Waals surface area contributed by atoms with Crippen molar-refractivity contribution in [2.24, 2.45) is 10.9 Å². The average molecular weight is 318 g/mol. The maximum atomic E-state index is 12.1. The Labute approximate surface area is 130 Å². The number of hydrogen-bond donors (Lipinski definition) is 2. The van der Waals surface area contributed by atoms with Gasteiger partial charge in [0.2, 0.25) is 0 Å². The largest absolute Gasteiger partial charge is 0.444 e. The van der Waals surface area contributed by atoms with Gasteiger partial charge in [-0.1, -0.05) is 0 Å². The first kappa shape index (κ1) is 20.0. The number of amides is 2. The molecule has 0 fully saturated rings. The fraction of sp³-hybridized carbons (Fsp3) is 0.769. The Morgan fingerprint density at radius 1 is 1.09 bits per heavy atom. The van der Waals surface area contributed by atoms with Crippen molar-refractivity contribution in [3.63, 3.8) is 0 Å². The summed E-state index contributed by atoms with van der Waals surface area (Å²) in [6.07, 6.45) is -1.69. The van der Waals surface area contributed by atoms with E-state index in [1.807, 2.05) is 0 Å². The van der Waals surface area contributed by atoms with Crippen LogP contribution in [0.5, 0.6) is 0 Å². The van der Waals surface area contributed by atoms with E-state index in [0.717, 1.165) is 0 Å². The first-order valence-electron chi connectivity index (χ1n) is 6.83. The van der Waals surface area contributed by atoms with Crippen LogP contribution >= 0.6 is 0 Å². The molecule has 0 rings (SSSR count). The molecule has 3 N–H and O–H groups in total. The SMILES string of the molecule is CCON(C(=O)OC(C)(C)C)C(=NN)NC(=O)OC(C)(C)C. The quantitative estimate of drug-likeness (QED) is 0.348. The molecule has 0 spiro atoms. The number of carbonyl (C=O) groups excluding carboxylic acids is 2. The zero-order chi connectivity index (χ0) is 17.6. The predicted octanol–water partition coefficient (Wildman–Crippen LogP) is 1.93. The lowest BCUT2D eigenvalue weighted by Crippen LogP contribution is -2.50. The van der Waals surface area contributed by atoms with Crippen LogP contribution in [0.25, 0.3) is 0 Å². The van der Waals surface area contributed by atoms with Crippen LogP contribution in [-0.2, 0) is 14.3 Å². The molecule has 128 valence electrons. The lowest BCUT2D eigenvalue weighted by Gasteiger charge is -2.27. The second kappa shape index (κ2) is 7.83. The van der Waals surface area contributed by atoms with E-state index in [1.165, 1.54) is 0 Å². The summed E-state index contributed by atoms with van der Waals surface area (Å²) in [6.45, 7) is 11.9. The minimum atomic E-state index is -0.866. The van der Waals surface area contributed by atoms with Gasteiger partial charge in [-0.15, -0.1) is 10.2 Å². The van der Waals surface area contributed by atoms with Crippen molar-refractivity contribution < 1.29 is 23.9 Å². The minimum absolute atomic E-state index is 0.133. The highest BCUT2D eigenvalue weighted by atomic mass is 16.7. The number of ether oxygens (including phenoxy) is 2. The van der Waals surface area contributed by atoms with Gasteiger partial charge in [0.1, 0.15) is 11.2 Å². The van der Waals surface area contributed by atoms with Crippen LogP contribution in [0.4, 0.5) is 9.59 Å². The average Bonchev–Trinajstić information content (AvgIpc) is 2.28. The van der Waals surface area contributed by atoms with Crippen LogP contribution in [0.2, 0.25) is 0 Å². The second-order valence-corrected chi connectivity index (χ2v) is 6.27. The Kier molecular flexibility index (Phi) is 7.11. The Morgan fingerprint density at radius 3 is 1.95 bits per heavy atom. The Morgan fingerprint density at radius 2 is 1.59 bits per heavy atom. The number of carbonyl (C=O) groups is 2. The third-order valence-electron chi connectivity index (χ3n) is 1.74. The minimum Gasteiger partial charge on any atom is -0.444 e. The molecule has 0 aromatic rings. The summed E-state index contributed by atoms with van der Waals surface area (Å²) in [7, 11) is 0. The number of alkyl carbamates (subject to hydrolysis) is 1. The Hall–Kier alpha value is -2.03. The maximum Gasteiger partial charge on any atom is 0.442 e. The van der Waals surface area contributed by atoms with Crippen molar-refractivity contribution in [1.82, 2.24) is 10.4 Å². The lowest BCUT2D eigenvalue weighted by molar-refractivity contribution is -0.0974. The van der Waals surface area contributed by atoms with Crippen molar-refractivity contribution in [3.8, 4) is 0 Å². The van der Waals surface area contributed by atoms with E-state index >= 15 is 0 Å². The highest BCUT2D eigenvalue weighted by Gasteiger charge is 2.29. The number of hydrazone groups is 1. The van der Waals surface area contributed by atoms with E-state index in [1.54, 1.807) is 48.5 Å². The van der Waals surface area contributed by atoms with Crippen LogP contribution in [-0.4, -0.2) is 41.0 Å². The number of nitrogens with zero attached hydrogens (tertiary/aromatic N) is 2. The molecule has 0 aromatic carbocycles. The highest BCUT2D eigenvalue weighted by Crippen LogP contribution is 2.11. The van der Waals surface area contributed by atoms with Gasteiger partial charge < -0.3 is 15.3 Å². The Balaban J connectivity index is 5.04. The fourth-order valence-corrected chi connectivity index (χ4v) is 1.16. The molecule has 0 aliphatic heterocycles. The van der Waals surface area contributed by atoms with Crippen molar-refractivity contribution in [2.45, 2.75) is 59.7 Å². The second-order valence-electron chi connectivity index (χ2n) is 6.27. The summed E-state index contributed by atoms with van der Waals surface area (Å²) in [4.78, 5) is 28.9. The number of nitrogens with one attached hydrogen (secondary N) is 1. The molecule has 22 heavy (non-hydrogen) atoms. The molecular weight excluding hydrogens is 292 g/mol. The molecule has 0 radical (unpaired) electrons. The van der Waals surface area contributed by atoms with Crippen LogP contribution in [0.1, 0.15) is 48.5 Å². The van der Waals surface area contributed by atoms with Gasteiger partial charge in [-0.2, -0.15) is 0 Å². The molecule has 9 heteroatoms. The van der Waals surface area contributed by atoms with Crippen LogP contribution in [0, 0.1) is 0 Å². The first-order chi connectivity index (χ1) is 9.89. The van der Waals surface area contributed by atoms with Crippen molar-refractivity contribution in [1.29, 1.82) is 0 Å². The number of rotatable bonds is 2. The Bertz CT molecular complexity index is 423. The molecule has 0 saturated carbocycles. The van der Waals surface area contributed by atoms with E-state index in [4.69, 9.17) is 20.2 Å². The number of hydroxylamine groups is 2. The van der Waals surface area contributed by atoms with E-state index in [2.05, 4.69) is 10.4 Å². The van der Waals surface area contributed by atoms with Crippen molar-refractivity contribution in [2.75, 3.05) is 6.61 Å². The van der Waals surface area contributed by atoms with Gasteiger partial charge in [-0.3, -0.25) is 10.2 Å². The summed E-state index contributed by atoms with van der Waals surface area (Å²) < 4.78 is 10.2. The van der Waals surface area contributed by atoms with E-state index < -0.39 is 23.4 Å². The highest BCUT2D eigenvalue weighted by molar-refractivity contribution is 6.00. The predicted molar refractivity (Wildman–Crippen MR) is 80.7 cm³/mol. The van der Waals surface area contributed by atoms with E-state index in [9.17, 15) is 9.59 Å². The van der Waals surface area contributed by atoms with Gasteiger partial charge >= 0.3 is 12.2 Å². The number of hydrogen-bond acceptors (Lipinski definition) is 7. The third kappa shape index (κ3) is 8.30. The van der Waals surface area contributed by atoms with Gasteiger partial charge in [0.05, 0.1) is 6.61 Å². The summed E-state index contributed by atoms with van der Waals surface area (Å²) in [5.74, 6) is 4.86. The van der Waals surface area contributed by atoms with E-state index in [0.29, 0.717) is 5.06 Å². The van der Waals surface area contributed by atoms with Crippen LogP contribution in [0.3, 0.4) is 0 Å². The molecule has 0 saturated heterocycles. The molecule has 0 heterocycles. The standard InChI is InChI=1S/C13H26N4O5/c1-8-20-17(11(19)22-13(5,6)7)9(16-14)15-10(18)21-12(2,3)4/h8,14H2,1-7H3,(H,15,16,18). The summed E-state index contributed by atoms with van der Waals surface area (Å²) in [6, 6.07) is 0. The molecule has 0 aromatic heterocycles. The third-order valence-corrected chi connectivity index (χ3v) is 1.74. The maximum absolute atomic E-state index is 12.1. The molecule has 0 unspecified atom stereocenters. The van der Waals surface area contributed by atoms with Gasteiger partial charge in [-0.05, 0) is 48.5 Å². The number of nitrogens with two attached hydrogens (primary N) is 1. The molecule has 0 aliphatic carbocycles. The topological polar surface area (TPSA) is 115 Å². The number of guanidine groups is 1. The van der Waals surface area contributed by atoms with Gasteiger partial charge in [0, 0.05) is 0 Å². The summed E-state index contributed by atoms with van der Waals surface area (Å²) >= 11 is 0. The van der Waals surface area contributed by atoms with Gasteiger partial charge in [-0.25, -0.2) is 9.59 Å². The van der Waals surface area contributed by atoms with Crippen molar-refractivity contribution in [3.05, 3.63) is 0 Å². The summed E-state index contributed by atoms with van der Waals surface area (Å²) in [5, 5.41) is 6.23. The van der Waals surface area contributed by atoms with E-state index in [-0.39, 0.29) is 12.6 Å². The van der Waals surface area contributed by atoms with Gasteiger partial charge in [0.25, 0.3) is 5.96 Å². The molecule has 9 nitrogen and oxygen atoms in total. The lowest BCUT2D eigenvalue weighted by atomic mass is 10.2. The van der Waals surface area contributed by atoms with Crippen molar-refractivity contribution >= 4 is 18.1 Å². The zero-order valence-electron chi connectivity index (χ0n) is 14.2. The van der Waals surface area contributed by atoms with Crippen LogP contribution in [0.15, 0.2) is 5.10 Å². The van der Waals surface area contributed by atoms with Gasteiger partial charge in [0.15, 0.2) is 0 Å². The summed E-state index contributed by atoms with van der Waals surface area (Å²) in [5.41, 5.74) is -1.47. The fourth-order valence-electron chi connectivity index (χ4n) is 1.16. The normalized spacial score (nSPS) is 12.6. The molecular formula is C13H26N4O5. The monoisotopic (exact) mass is 318 g/mol. The molecule has 0 atom stereocenters. The molecule has 0 bridgehead atoms. The first-order valence-corrected chi connectivity index (χ1v) is 6.83. The molecule has 2 amide bonds. The van der Waals surface area contributed by atoms with Crippen LogP contribution < -0.4 is 11.2 Å². The zero-order valence-corrected chi connectivity index (χ0v) is 14.2. The smallest absolute Gasteiger partial charge is 0.442 e. The molecule has 0 aliphatic rings.